The highest BCUT2D eigenvalue weighted by atomic mass is 16.5. The molecule has 0 radical (unpaired) electrons. The van der Waals surface area contributed by atoms with E-state index in [0.717, 1.165) is 6.42 Å². The smallest absolute Gasteiger partial charge is 0.268 e. The van der Waals surface area contributed by atoms with Gasteiger partial charge >= 0.3 is 0 Å². The minimum Gasteiger partial charge on any atom is -0.478 e. The van der Waals surface area contributed by atoms with Crippen LogP contribution in [0.2, 0.25) is 0 Å². The molecule has 1 aliphatic rings. The van der Waals surface area contributed by atoms with Crippen molar-refractivity contribution >= 4 is 17.5 Å². The van der Waals surface area contributed by atoms with Gasteiger partial charge in [-0.1, -0.05) is 49.4 Å². The van der Waals surface area contributed by atoms with Gasteiger partial charge < -0.3 is 10.1 Å². The number of carbonyl (C=O) groups excluding carboxylic acids is 2. The zero-order valence-corrected chi connectivity index (χ0v) is 14.3. The van der Waals surface area contributed by atoms with Crippen LogP contribution in [0.15, 0.2) is 54.6 Å². The van der Waals surface area contributed by atoms with Crippen molar-refractivity contribution in [3.8, 4) is 5.75 Å². The Morgan fingerprint density at radius 1 is 1.12 bits per heavy atom. The molecule has 1 atom stereocenters. The van der Waals surface area contributed by atoms with Gasteiger partial charge in [0.2, 0.25) is 5.91 Å². The zero-order valence-electron chi connectivity index (χ0n) is 14.3. The predicted molar refractivity (Wildman–Crippen MR) is 96.7 cm³/mol. The molecule has 130 valence electrons. The van der Waals surface area contributed by atoms with Gasteiger partial charge in [-0.15, -0.1) is 0 Å². The fraction of sp³-hybridized carbons (Fsp3) is 0.300. The maximum Gasteiger partial charge on any atom is 0.268 e. The molecule has 0 unspecified atom stereocenters. The Morgan fingerprint density at radius 3 is 2.60 bits per heavy atom. The first-order valence-electron chi connectivity index (χ1n) is 8.56. The lowest BCUT2D eigenvalue weighted by molar-refractivity contribution is -0.129. The van der Waals surface area contributed by atoms with E-state index in [9.17, 15) is 9.59 Å². The van der Waals surface area contributed by atoms with Gasteiger partial charge in [-0.2, -0.15) is 0 Å². The standard InChI is InChI=1S/C20H22N2O3/c1-2-17-20(24)22(16-10-6-7-11-18(16)25-17)14-19(23)21-13-12-15-8-4-3-5-9-15/h3-11,17H,2,12-14H2,1H3,(H,21,23)/t17-/m0/s1. The Morgan fingerprint density at radius 2 is 1.84 bits per heavy atom. The van der Waals surface area contributed by atoms with Crippen molar-refractivity contribution in [1.82, 2.24) is 5.32 Å². The third-order valence-corrected chi connectivity index (χ3v) is 4.22. The second-order valence-corrected chi connectivity index (χ2v) is 5.99. The van der Waals surface area contributed by atoms with Crippen molar-refractivity contribution in [2.24, 2.45) is 0 Å². The van der Waals surface area contributed by atoms with Crippen LogP contribution in [0.3, 0.4) is 0 Å². The lowest BCUT2D eigenvalue weighted by atomic mass is 10.1. The van der Waals surface area contributed by atoms with Crippen LogP contribution in [-0.2, 0) is 16.0 Å². The number of hydrogen-bond acceptors (Lipinski definition) is 3. The van der Waals surface area contributed by atoms with Crippen LogP contribution in [0.1, 0.15) is 18.9 Å². The number of fused-ring (bicyclic) bond motifs is 1. The number of carbonyl (C=O) groups is 2. The molecule has 25 heavy (non-hydrogen) atoms. The molecule has 0 spiro atoms. The zero-order chi connectivity index (χ0) is 17.6. The Kier molecular flexibility index (Phi) is 5.33. The number of para-hydroxylation sites is 2. The monoisotopic (exact) mass is 338 g/mol. The quantitative estimate of drug-likeness (QED) is 0.881. The first-order chi connectivity index (χ1) is 12.2. The molecule has 2 aromatic carbocycles. The van der Waals surface area contributed by atoms with Crippen molar-refractivity contribution in [3.05, 3.63) is 60.2 Å². The van der Waals surface area contributed by atoms with E-state index < -0.39 is 6.10 Å². The first-order valence-corrected chi connectivity index (χ1v) is 8.56. The van der Waals surface area contributed by atoms with E-state index in [0.29, 0.717) is 24.4 Å². The van der Waals surface area contributed by atoms with Gasteiger partial charge in [0.25, 0.3) is 5.91 Å². The molecule has 5 heteroatoms. The van der Waals surface area contributed by atoms with Crippen molar-refractivity contribution in [3.63, 3.8) is 0 Å². The molecule has 5 nitrogen and oxygen atoms in total. The summed E-state index contributed by atoms with van der Waals surface area (Å²) in [7, 11) is 0. The molecule has 0 bridgehead atoms. The third kappa shape index (κ3) is 3.99. The molecule has 1 heterocycles. The average Bonchev–Trinajstić information content (AvgIpc) is 2.64. The molecule has 0 saturated heterocycles. The topological polar surface area (TPSA) is 58.6 Å². The summed E-state index contributed by atoms with van der Waals surface area (Å²) < 4.78 is 5.72. The van der Waals surface area contributed by atoms with Gasteiger partial charge in [0.05, 0.1) is 5.69 Å². The molecule has 0 aromatic heterocycles. The van der Waals surface area contributed by atoms with Gasteiger partial charge in [-0.05, 0) is 30.5 Å². The molecule has 0 aliphatic carbocycles. The number of anilines is 1. The fourth-order valence-corrected chi connectivity index (χ4v) is 2.89. The summed E-state index contributed by atoms with van der Waals surface area (Å²) in [4.78, 5) is 26.4. The maximum absolute atomic E-state index is 12.6. The summed E-state index contributed by atoms with van der Waals surface area (Å²) in [5.41, 5.74) is 1.82. The Bertz CT molecular complexity index is 746. The number of benzene rings is 2. The average molecular weight is 338 g/mol. The summed E-state index contributed by atoms with van der Waals surface area (Å²) in [5, 5.41) is 2.89. The van der Waals surface area contributed by atoms with Gasteiger partial charge in [-0.3, -0.25) is 14.5 Å². The summed E-state index contributed by atoms with van der Waals surface area (Å²) in [6.07, 6.45) is 0.795. The Labute approximate surface area is 147 Å². The number of hydrogen-bond donors (Lipinski definition) is 1. The van der Waals surface area contributed by atoms with Crippen molar-refractivity contribution < 1.29 is 14.3 Å². The molecular formula is C20H22N2O3. The van der Waals surface area contributed by atoms with E-state index in [2.05, 4.69) is 5.32 Å². The normalized spacial score (nSPS) is 16.1. The second kappa shape index (κ2) is 7.83. The third-order valence-electron chi connectivity index (χ3n) is 4.22. The van der Waals surface area contributed by atoms with Gasteiger partial charge in [0.1, 0.15) is 12.3 Å². The maximum atomic E-state index is 12.6. The number of rotatable bonds is 6. The number of ether oxygens (including phenoxy) is 1. The highest BCUT2D eigenvalue weighted by Crippen LogP contribution is 2.34. The SMILES string of the molecule is CC[C@@H]1Oc2ccccc2N(CC(=O)NCCc2ccccc2)C1=O. The molecule has 1 N–H and O–H groups in total. The number of nitrogens with one attached hydrogen (secondary N) is 1. The molecular weight excluding hydrogens is 316 g/mol. The Balaban J connectivity index is 1.62. The van der Waals surface area contributed by atoms with Crippen LogP contribution in [-0.4, -0.2) is 31.0 Å². The van der Waals surface area contributed by atoms with Crippen LogP contribution >= 0.6 is 0 Å². The van der Waals surface area contributed by atoms with E-state index in [-0.39, 0.29) is 18.4 Å². The van der Waals surface area contributed by atoms with Crippen LogP contribution in [0.5, 0.6) is 5.75 Å². The highest BCUT2D eigenvalue weighted by molar-refractivity contribution is 6.03. The summed E-state index contributed by atoms with van der Waals surface area (Å²) in [6, 6.07) is 17.3. The van der Waals surface area contributed by atoms with Crippen molar-refractivity contribution in [2.75, 3.05) is 18.0 Å². The van der Waals surface area contributed by atoms with E-state index in [1.807, 2.05) is 55.5 Å². The molecule has 2 amide bonds. The molecule has 1 aliphatic heterocycles. The van der Waals surface area contributed by atoms with Crippen LogP contribution in [0.4, 0.5) is 5.69 Å². The molecule has 0 saturated carbocycles. The van der Waals surface area contributed by atoms with Crippen molar-refractivity contribution in [2.45, 2.75) is 25.9 Å². The van der Waals surface area contributed by atoms with E-state index in [1.54, 1.807) is 6.07 Å². The van der Waals surface area contributed by atoms with E-state index >= 15 is 0 Å². The van der Waals surface area contributed by atoms with E-state index in [4.69, 9.17) is 4.74 Å². The molecule has 3 rings (SSSR count). The van der Waals surface area contributed by atoms with Gasteiger partial charge in [0.15, 0.2) is 6.10 Å². The van der Waals surface area contributed by atoms with Crippen LogP contribution in [0, 0.1) is 0 Å². The Hall–Kier alpha value is -2.82. The van der Waals surface area contributed by atoms with Crippen LogP contribution in [0.25, 0.3) is 0 Å². The second-order valence-electron chi connectivity index (χ2n) is 5.99. The number of nitrogens with zero attached hydrogens (tertiary/aromatic N) is 1. The largest absolute Gasteiger partial charge is 0.478 e. The number of amides is 2. The highest BCUT2D eigenvalue weighted by Gasteiger charge is 2.34. The first kappa shape index (κ1) is 17.0. The van der Waals surface area contributed by atoms with Gasteiger partial charge in [-0.25, -0.2) is 0 Å². The predicted octanol–water partition coefficient (Wildman–Crippen LogP) is 2.55. The minimum atomic E-state index is -0.535. The minimum absolute atomic E-state index is 0.00446. The fourth-order valence-electron chi connectivity index (χ4n) is 2.89. The van der Waals surface area contributed by atoms with Crippen LogP contribution < -0.4 is 15.0 Å². The van der Waals surface area contributed by atoms with E-state index in [1.165, 1.54) is 10.5 Å². The summed E-state index contributed by atoms with van der Waals surface area (Å²) in [6.45, 7) is 2.44. The summed E-state index contributed by atoms with van der Waals surface area (Å²) in [5.74, 6) is 0.307. The van der Waals surface area contributed by atoms with Gasteiger partial charge in [0, 0.05) is 6.54 Å². The molecule has 2 aromatic rings. The molecule has 0 fully saturated rings. The lowest BCUT2D eigenvalue weighted by Crippen LogP contribution is -2.49. The van der Waals surface area contributed by atoms with Crippen molar-refractivity contribution in [1.29, 1.82) is 0 Å². The lowest BCUT2D eigenvalue weighted by Gasteiger charge is -2.33. The summed E-state index contributed by atoms with van der Waals surface area (Å²) >= 11 is 0.